The van der Waals surface area contributed by atoms with E-state index in [1.54, 1.807) is 0 Å². The largest absolute Gasteiger partial charge is 0.416 e. The molecule has 2 rings (SSSR count). The molecule has 6 heteroatoms. The number of rotatable bonds is 3. The summed E-state index contributed by atoms with van der Waals surface area (Å²) in [4.78, 5) is 12.0. The van der Waals surface area contributed by atoms with Gasteiger partial charge in [0, 0.05) is 16.9 Å². The minimum atomic E-state index is -4.37. The lowest BCUT2D eigenvalue weighted by molar-refractivity contribution is -0.137. The van der Waals surface area contributed by atoms with Gasteiger partial charge in [-0.05, 0) is 43.0 Å². The Labute approximate surface area is 123 Å². The number of benzene rings is 1. The van der Waals surface area contributed by atoms with Crippen LogP contribution >= 0.6 is 15.9 Å². The Morgan fingerprint density at radius 3 is 2.45 bits per heavy atom. The van der Waals surface area contributed by atoms with Gasteiger partial charge in [-0.15, -0.1) is 0 Å². The molecule has 1 saturated carbocycles. The molecule has 0 saturated heterocycles. The summed E-state index contributed by atoms with van der Waals surface area (Å²) in [5.41, 5.74) is -0.480. The fourth-order valence-electron chi connectivity index (χ4n) is 2.47. The number of carbonyl (C=O) groups excluding carboxylic acids is 1. The average molecular weight is 350 g/mol. The molecule has 0 radical (unpaired) electrons. The smallest absolute Gasteiger partial charge is 0.349 e. The molecule has 0 heterocycles. The highest BCUT2D eigenvalue weighted by molar-refractivity contribution is 9.09. The molecule has 1 aliphatic rings. The number of hydrogen-bond acceptors (Lipinski definition) is 1. The third-order valence-corrected chi connectivity index (χ3v) is 4.48. The van der Waals surface area contributed by atoms with Crippen molar-refractivity contribution in [1.82, 2.24) is 5.32 Å². The minimum Gasteiger partial charge on any atom is -0.349 e. The van der Waals surface area contributed by atoms with Gasteiger partial charge in [0.1, 0.15) is 0 Å². The van der Waals surface area contributed by atoms with Crippen molar-refractivity contribution in [2.45, 2.75) is 31.5 Å². The van der Waals surface area contributed by atoms with Crippen LogP contribution in [0.3, 0.4) is 0 Å². The monoisotopic (exact) mass is 349 g/mol. The maximum absolute atomic E-state index is 12.4. The van der Waals surface area contributed by atoms with Crippen LogP contribution in [-0.2, 0) is 6.18 Å². The number of hydrogen-bond donors (Lipinski definition) is 1. The number of nitrogens with one attached hydrogen (secondary N) is 1. The molecule has 1 N–H and O–H groups in total. The number of alkyl halides is 4. The summed E-state index contributed by atoms with van der Waals surface area (Å²) in [5, 5.41) is 3.73. The highest BCUT2D eigenvalue weighted by atomic mass is 79.9. The summed E-state index contributed by atoms with van der Waals surface area (Å²) in [6, 6.07) is 4.41. The molecular weight excluding hydrogens is 335 g/mol. The minimum absolute atomic E-state index is 0.101. The number of carbonyl (C=O) groups is 1. The Morgan fingerprint density at radius 2 is 1.90 bits per heavy atom. The fraction of sp³-hybridized carbons (Fsp3) is 0.500. The van der Waals surface area contributed by atoms with E-state index in [0.29, 0.717) is 5.92 Å². The zero-order valence-corrected chi connectivity index (χ0v) is 12.3. The Morgan fingerprint density at radius 1 is 1.25 bits per heavy atom. The van der Waals surface area contributed by atoms with Crippen LogP contribution < -0.4 is 5.32 Å². The number of amides is 1. The molecule has 2 nitrogen and oxygen atoms in total. The molecule has 0 aromatic heterocycles. The lowest BCUT2D eigenvalue weighted by atomic mass is 10.1. The van der Waals surface area contributed by atoms with Gasteiger partial charge >= 0.3 is 6.18 Å². The van der Waals surface area contributed by atoms with Crippen molar-refractivity contribution in [1.29, 1.82) is 0 Å². The molecule has 1 aliphatic carbocycles. The van der Waals surface area contributed by atoms with Crippen LogP contribution in [0.15, 0.2) is 24.3 Å². The molecular formula is C14H15BrF3NO. The summed E-state index contributed by atoms with van der Waals surface area (Å²) in [6.45, 7) is 0. The van der Waals surface area contributed by atoms with Crippen molar-refractivity contribution in [3.05, 3.63) is 35.4 Å². The van der Waals surface area contributed by atoms with Gasteiger partial charge in [-0.25, -0.2) is 0 Å². The molecule has 110 valence electrons. The summed E-state index contributed by atoms with van der Waals surface area (Å²) >= 11 is 3.42. The summed E-state index contributed by atoms with van der Waals surface area (Å²) in [7, 11) is 0. The average Bonchev–Trinajstić information content (AvgIpc) is 2.85. The summed E-state index contributed by atoms with van der Waals surface area (Å²) < 4.78 is 37.3. The van der Waals surface area contributed by atoms with E-state index in [-0.39, 0.29) is 17.5 Å². The SMILES string of the molecule is O=C(NC1CCCC1CBr)c1ccc(C(F)(F)F)cc1. The van der Waals surface area contributed by atoms with E-state index in [9.17, 15) is 18.0 Å². The Balaban J connectivity index is 2.02. The van der Waals surface area contributed by atoms with Gasteiger partial charge < -0.3 is 5.32 Å². The van der Waals surface area contributed by atoms with Gasteiger partial charge in [-0.2, -0.15) is 13.2 Å². The van der Waals surface area contributed by atoms with E-state index in [0.717, 1.165) is 36.7 Å². The maximum Gasteiger partial charge on any atom is 0.416 e. The van der Waals surface area contributed by atoms with E-state index in [4.69, 9.17) is 0 Å². The van der Waals surface area contributed by atoms with Gasteiger partial charge in [0.2, 0.25) is 0 Å². The first kappa shape index (κ1) is 15.4. The van der Waals surface area contributed by atoms with Gasteiger partial charge in [-0.1, -0.05) is 22.4 Å². The predicted octanol–water partition coefficient (Wildman–Crippen LogP) is 4.00. The summed E-state index contributed by atoms with van der Waals surface area (Å²) in [5.74, 6) is 0.0879. The topological polar surface area (TPSA) is 29.1 Å². The third kappa shape index (κ3) is 3.53. The second-order valence-corrected chi connectivity index (χ2v) is 5.65. The van der Waals surface area contributed by atoms with Crippen LogP contribution in [0.2, 0.25) is 0 Å². The molecule has 1 amide bonds. The van der Waals surface area contributed by atoms with E-state index in [2.05, 4.69) is 21.2 Å². The van der Waals surface area contributed by atoms with Crippen molar-refractivity contribution in [2.75, 3.05) is 5.33 Å². The zero-order valence-electron chi connectivity index (χ0n) is 10.7. The van der Waals surface area contributed by atoms with Gasteiger partial charge in [0.15, 0.2) is 0 Å². The second-order valence-electron chi connectivity index (χ2n) is 5.00. The predicted molar refractivity (Wildman–Crippen MR) is 73.8 cm³/mol. The molecule has 0 bridgehead atoms. The van der Waals surface area contributed by atoms with Crippen molar-refractivity contribution in [3.63, 3.8) is 0 Å². The normalized spacial score (nSPS) is 22.8. The summed E-state index contributed by atoms with van der Waals surface area (Å²) in [6.07, 6.45) is -1.33. The molecule has 1 fully saturated rings. The molecule has 0 spiro atoms. The Hall–Kier alpha value is -1.04. The first-order valence-electron chi connectivity index (χ1n) is 6.46. The first-order chi connectivity index (χ1) is 9.41. The van der Waals surface area contributed by atoms with Crippen molar-refractivity contribution in [2.24, 2.45) is 5.92 Å². The standard InChI is InChI=1S/C14H15BrF3NO/c15-8-10-2-1-3-12(10)19-13(20)9-4-6-11(7-5-9)14(16,17)18/h4-7,10,12H,1-3,8H2,(H,19,20). The van der Waals surface area contributed by atoms with Crippen molar-refractivity contribution < 1.29 is 18.0 Å². The van der Waals surface area contributed by atoms with Crippen molar-refractivity contribution >= 4 is 21.8 Å². The van der Waals surface area contributed by atoms with E-state index >= 15 is 0 Å². The molecule has 2 unspecified atom stereocenters. The maximum atomic E-state index is 12.4. The zero-order chi connectivity index (χ0) is 14.8. The quantitative estimate of drug-likeness (QED) is 0.821. The second kappa shape index (κ2) is 6.16. The third-order valence-electron chi connectivity index (χ3n) is 3.65. The lowest BCUT2D eigenvalue weighted by Crippen LogP contribution is -2.37. The molecule has 0 aliphatic heterocycles. The van der Waals surface area contributed by atoms with Gasteiger partial charge in [-0.3, -0.25) is 4.79 Å². The van der Waals surface area contributed by atoms with Gasteiger partial charge in [0.25, 0.3) is 5.91 Å². The van der Waals surface area contributed by atoms with Crippen LogP contribution in [0.4, 0.5) is 13.2 Å². The number of halogens is 4. The van der Waals surface area contributed by atoms with E-state index in [1.807, 2.05) is 0 Å². The van der Waals surface area contributed by atoms with E-state index < -0.39 is 11.7 Å². The molecule has 1 aromatic rings. The van der Waals surface area contributed by atoms with Crippen LogP contribution in [0.5, 0.6) is 0 Å². The fourth-order valence-corrected chi connectivity index (χ4v) is 3.25. The first-order valence-corrected chi connectivity index (χ1v) is 7.58. The van der Waals surface area contributed by atoms with E-state index in [1.165, 1.54) is 12.1 Å². The van der Waals surface area contributed by atoms with Crippen LogP contribution in [0, 0.1) is 5.92 Å². The van der Waals surface area contributed by atoms with Crippen LogP contribution in [0.1, 0.15) is 35.2 Å². The van der Waals surface area contributed by atoms with Gasteiger partial charge in [0.05, 0.1) is 5.56 Å². The Bertz CT molecular complexity index is 472. The van der Waals surface area contributed by atoms with Crippen molar-refractivity contribution in [3.8, 4) is 0 Å². The van der Waals surface area contributed by atoms with Crippen LogP contribution in [0.25, 0.3) is 0 Å². The lowest BCUT2D eigenvalue weighted by Gasteiger charge is -2.19. The molecule has 20 heavy (non-hydrogen) atoms. The molecule has 2 atom stereocenters. The molecule has 1 aromatic carbocycles. The highest BCUT2D eigenvalue weighted by Gasteiger charge is 2.31. The highest BCUT2D eigenvalue weighted by Crippen LogP contribution is 2.30. The Kier molecular flexibility index (Phi) is 4.73. The van der Waals surface area contributed by atoms with Crippen LogP contribution in [-0.4, -0.2) is 17.3 Å².